The Kier molecular flexibility index (Phi) is 2.13. The fraction of sp³-hybridized carbons (Fsp3) is 0.250. The minimum Gasteiger partial charge on any atom is -0.402 e. The van der Waals surface area contributed by atoms with E-state index in [0.717, 1.165) is 0 Å². The van der Waals surface area contributed by atoms with Gasteiger partial charge in [0.15, 0.2) is 0 Å². The van der Waals surface area contributed by atoms with Crippen molar-refractivity contribution in [1.82, 2.24) is 0 Å². The maximum Gasteiger partial charge on any atom is 0.227 e. The van der Waals surface area contributed by atoms with Crippen molar-refractivity contribution < 1.29 is 4.79 Å². The zero-order chi connectivity index (χ0) is 4.99. The van der Waals surface area contributed by atoms with Crippen LogP contribution in [0.4, 0.5) is 0 Å². The third kappa shape index (κ3) is 3.21. The second-order valence-electron chi connectivity index (χ2n) is 1.01. The summed E-state index contributed by atoms with van der Waals surface area (Å²) in [5.74, 6) is 0. The van der Waals surface area contributed by atoms with E-state index >= 15 is 0 Å². The SMILES string of the molecule is C/C(N)=C/[C]=O. The first kappa shape index (κ1) is 5.21. The molecule has 0 spiro atoms. The van der Waals surface area contributed by atoms with E-state index in [0.29, 0.717) is 5.70 Å². The minimum atomic E-state index is 0.491. The molecular weight excluding hydrogens is 78.0 g/mol. The molecule has 0 aliphatic heterocycles. The molecular formula is C4H6NO. The second kappa shape index (κ2) is 2.45. The van der Waals surface area contributed by atoms with Crippen LogP contribution in [-0.4, -0.2) is 6.29 Å². The molecule has 33 valence electrons. The summed E-state index contributed by atoms with van der Waals surface area (Å²) in [7, 11) is 0. The number of hydrogen-bond donors (Lipinski definition) is 1. The van der Waals surface area contributed by atoms with Gasteiger partial charge < -0.3 is 5.73 Å². The fourth-order valence-corrected chi connectivity index (χ4v) is 0.0929. The highest BCUT2D eigenvalue weighted by atomic mass is 16.1. The molecule has 0 aliphatic carbocycles. The van der Waals surface area contributed by atoms with E-state index in [1.807, 2.05) is 0 Å². The predicted octanol–water partition coefficient (Wildman–Crippen LogP) is -0.0414. The number of carbonyl (C=O) groups excluding carboxylic acids is 1. The van der Waals surface area contributed by atoms with Gasteiger partial charge in [-0.1, -0.05) is 0 Å². The summed E-state index contributed by atoms with van der Waals surface area (Å²) in [5.41, 5.74) is 5.49. The van der Waals surface area contributed by atoms with Gasteiger partial charge in [0.25, 0.3) is 0 Å². The monoisotopic (exact) mass is 84.0 g/mol. The first-order valence-corrected chi connectivity index (χ1v) is 1.57. The van der Waals surface area contributed by atoms with Crippen LogP contribution >= 0.6 is 0 Å². The van der Waals surface area contributed by atoms with Gasteiger partial charge in [0, 0.05) is 11.8 Å². The highest BCUT2D eigenvalue weighted by molar-refractivity contribution is 5.66. The molecule has 0 amide bonds. The van der Waals surface area contributed by atoms with Crippen LogP contribution in [0.15, 0.2) is 11.8 Å². The van der Waals surface area contributed by atoms with Crippen LogP contribution in [0, 0.1) is 0 Å². The normalized spacial score (nSPS) is 11.2. The fourth-order valence-electron chi connectivity index (χ4n) is 0.0929. The lowest BCUT2D eigenvalue weighted by Crippen LogP contribution is -1.88. The Morgan fingerprint density at radius 2 is 2.50 bits per heavy atom. The maximum atomic E-state index is 9.33. The molecule has 0 rings (SSSR count). The van der Waals surface area contributed by atoms with Gasteiger partial charge in [0.05, 0.1) is 0 Å². The van der Waals surface area contributed by atoms with Crippen molar-refractivity contribution in [2.75, 3.05) is 0 Å². The molecule has 0 atom stereocenters. The molecule has 6 heavy (non-hydrogen) atoms. The highest BCUT2D eigenvalue weighted by Gasteiger charge is 1.68. The van der Waals surface area contributed by atoms with Crippen LogP contribution < -0.4 is 5.73 Å². The molecule has 0 aromatic heterocycles. The quantitative estimate of drug-likeness (QED) is 0.453. The minimum absolute atomic E-state index is 0.491. The molecule has 0 aliphatic rings. The summed E-state index contributed by atoms with van der Waals surface area (Å²) in [6.45, 7) is 1.63. The standard InChI is InChI=1S/C4H6NO/c1-4(5)2-3-6/h2H,5H2,1H3/b4-2-. The van der Waals surface area contributed by atoms with Gasteiger partial charge in [0.2, 0.25) is 6.29 Å². The Balaban J connectivity index is 3.41. The summed E-state index contributed by atoms with van der Waals surface area (Å²) < 4.78 is 0. The van der Waals surface area contributed by atoms with Gasteiger partial charge in [0.1, 0.15) is 0 Å². The Labute approximate surface area is 36.6 Å². The Hall–Kier alpha value is -0.790. The lowest BCUT2D eigenvalue weighted by atomic mass is 10.5. The molecule has 2 heteroatoms. The van der Waals surface area contributed by atoms with Gasteiger partial charge in [-0.05, 0) is 6.92 Å². The second-order valence-corrected chi connectivity index (χ2v) is 1.01. The number of nitrogens with two attached hydrogens (primary N) is 1. The maximum absolute atomic E-state index is 9.33. The third-order valence-electron chi connectivity index (χ3n) is 0.287. The van der Waals surface area contributed by atoms with Crippen LogP contribution in [0.3, 0.4) is 0 Å². The van der Waals surface area contributed by atoms with Crippen LogP contribution in [0.2, 0.25) is 0 Å². The molecule has 0 aromatic carbocycles. The lowest BCUT2D eigenvalue weighted by Gasteiger charge is -1.75. The van der Waals surface area contributed by atoms with Gasteiger partial charge in [-0.25, -0.2) is 0 Å². The summed E-state index contributed by atoms with van der Waals surface area (Å²) in [5, 5.41) is 0. The lowest BCUT2D eigenvalue weighted by molar-refractivity contribution is 0.564. The van der Waals surface area contributed by atoms with E-state index in [2.05, 4.69) is 0 Å². The van der Waals surface area contributed by atoms with Gasteiger partial charge in [-0.3, -0.25) is 4.79 Å². The Morgan fingerprint density at radius 1 is 2.00 bits per heavy atom. The molecule has 0 saturated heterocycles. The Bertz CT molecular complexity index is 71.6. The van der Waals surface area contributed by atoms with Crippen molar-refractivity contribution in [2.45, 2.75) is 6.92 Å². The predicted molar refractivity (Wildman–Crippen MR) is 23.6 cm³/mol. The van der Waals surface area contributed by atoms with Crippen LogP contribution in [0.5, 0.6) is 0 Å². The Morgan fingerprint density at radius 3 is 2.50 bits per heavy atom. The van der Waals surface area contributed by atoms with Crippen molar-refractivity contribution in [3.63, 3.8) is 0 Å². The molecule has 0 bridgehead atoms. The topological polar surface area (TPSA) is 43.1 Å². The molecule has 0 unspecified atom stereocenters. The van der Waals surface area contributed by atoms with Gasteiger partial charge in [-0.2, -0.15) is 0 Å². The van der Waals surface area contributed by atoms with E-state index < -0.39 is 0 Å². The van der Waals surface area contributed by atoms with Crippen LogP contribution in [0.25, 0.3) is 0 Å². The third-order valence-corrected chi connectivity index (χ3v) is 0.287. The van der Waals surface area contributed by atoms with E-state index in [9.17, 15) is 4.79 Å². The molecule has 0 saturated carbocycles. The number of allylic oxidation sites excluding steroid dienone is 2. The summed E-state index contributed by atoms with van der Waals surface area (Å²) in [6, 6.07) is 0. The van der Waals surface area contributed by atoms with Crippen LogP contribution in [-0.2, 0) is 4.79 Å². The summed E-state index contributed by atoms with van der Waals surface area (Å²) in [4.78, 5) is 9.33. The zero-order valence-corrected chi connectivity index (χ0v) is 3.56. The molecule has 2 N–H and O–H groups in total. The summed E-state index contributed by atoms with van der Waals surface area (Å²) in [6.07, 6.45) is 2.71. The number of hydrogen-bond acceptors (Lipinski definition) is 2. The highest BCUT2D eigenvalue weighted by Crippen LogP contribution is 1.70. The van der Waals surface area contributed by atoms with E-state index in [1.54, 1.807) is 6.92 Å². The largest absolute Gasteiger partial charge is 0.402 e. The van der Waals surface area contributed by atoms with Crippen molar-refractivity contribution in [1.29, 1.82) is 0 Å². The van der Waals surface area contributed by atoms with Crippen molar-refractivity contribution in [2.24, 2.45) is 5.73 Å². The van der Waals surface area contributed by atoms with Crippen molar-refractivity contribution >= 4 is 6.29 Å². The van der Waals surface area contributed by atoms with Crippen LogP contribution in [0.1, 0.15) is 6.92 Å². The van der Waals surface area contributed by atoms with Crippen molar-refractivity contribution in [3.8, 4) is 0 Å². The molecule has 0 fully saturated rings. The molecule has 0 aromatic rings. The van der Waals surface area contributed by atoms with Gasteiger partial charge in [-0.15, -0.1) is 0 Å². The van der Waals surface area contributed by atoms with Gasteiger partial charge >= 0.3 is 0 Å². The first-order chi connectivity index (χ1) is 2.77. The average Bonchev–Trinajstić information content (AvgIpc) is 1.35. The first-order valence-electron chi connectivity index (χ1n) is 1.57. The van der Waals surface area contributed by atoms with E-state index in [-0.39, 0.29) is 0 Å². The summed E-state index contributed by atoms with van der Waals surface area (Å²) >= 11 is 0. The zero-order valence-electron chi connectivity index (χ0n) is 3.56. The van der Waals surface area contributed by atoms with Crippen molar-refractivity contribution in [3.05, 3.63) is 11.8 Å². The molecule has 0 heterocycles. The molecule has 1 radical (unpaired) electrons. The van der Waals surface area contributed by atoms with E-state index in [4.69, 9.17) is 5.73 Å². The number of rotatable bonds is 1. The average molecular weight is 84.1 g/mol. The molecule has 2 nitrogen and oxygen atoms in total. The smallest absolute Gasteiger partial charge is 0.227 e. The van der Waals surface area contributed by atoms with E-state index in [1.165, 1.54) is 12.4 Å².